The molecule has 0 aliphatic heterocycles. The number of hydrogen-bond donors (Lipinski definition) is 0. The molecule has 0 amide bonds. The van der Waals surface area contributed by atoms with Crippen molar-refractivity contribution in [1.29, 1.82) is 0 Å². The minimum atomic E-state index is -0.719. The van der Waals surface area contributed by atoms with E-state index in [4.69, 9.17) is 0 Å². The molecule has 74 valence electrons. The molecule has 0 unspecified atom stereocenters. The van der Waals surface area contributed by atoms with Gasteiger partial charge in [-0.2, -0.15) is 0 Å². The Kier molecular flexibility index (Phi) is 2.63. The van der Waals surface area contributed by atoms with Crippen molar-refractivity contribution in [2.45, 2.75) is 69.4 Å². The summed E-state index contributed by atoms with van der Waals surface area (Å²) in [4.78, 5) is 0. The van der Waals surface area contributed by atoms with Crippen LogP contribution in [0, 0.1) is 0 Å². The van der Waals surface area contributed by atoms with Crippen molar-refractivity contribution in [3.05, 3.63) is 0 Å². The van der Waals surface area contributed by atoms with E-state index in [2.05, 4.69) is 0 Å². The average molecular weight is 287 g/mol. The predicted molar refractivity (Wildman–Crippen MR) is 58.6 cm³/mol. The van der Waals surface area contributed by atoms with Gasteiger partial charge in [-0.05, 0) is 0 Å². The third kappa shape index (κ3) is 1.58. The second kappa shape index (κ2) is 3.76. The summed E-state index contributed by atoms with van der Waals surface area (Å²) in [5.41, 5.74) is 0. The van der Waals surface area contributed by atoms with Gasteiger partial charge in [0.2, 0.25) is 0 Å². The van der Waals surface area contributed by atoms with Gasteiger partial charge in [-0.15, -0.1) is 0 Å². The first-order valence-electron chi connectivity index (χ1n) is 6.22. The molecular formula is C12H21Sb. The Bertz CT molecular complexity index is 144. The molecule has 3 saturated carbocycles. The minimum absolute atomic E-state index is 0.719. The third-order valence-corrected chi connectivity index (χ3v) is 16.1. The van der Waals surface area contributed by atoms with Gasteiger partial charge in [-0.3, -0.25) is 0 Å². The van der Waals surface area contributed by atoms with Gasteiger partial charge in [-0.25, -0.2) is 0 Å². The van der Waals surface area contributed by atoms with Crippen LogP contribution in [0.15, 0.2) is 0 Å². The van der Waals surface area contributed by atoms with Crippen molar-refractivity contribution < 1.29 is 0 Å². The summed E-state index contributed by atoms with van der Waals surface area (Å²) >= 11 is -0.719. The molecule has 0 nitrogen and oxygen atoms in total. The molecule has 0 radical (unpaired) electrons. The van der Waals surface area contributed by atoms with Crippen LogP contribution >= 0.6 is 0 Å². The van der Waals surface area contributed by atoms with Crippen molar-refractivity contribution >= 4 is 20.2 Å². The Morgan fingerprint density at radius 2 is 0.846 bits per heavy atom. The van der Waals surface area contributed by atoms with Crippen LogP contribution < -0.4 is 0 Å². The summed E-state index contributed by atoms with van der Waals surface area (Å²) in [7, 11) is 0. The van der Waals surface area contributed by atoms with Gasteiger partial charge < -0.3 is 0 Å². The Hall–Kier alpha value is 0.818. The van der Waals surface area contributed by atoms with Crippen LogP contribution in [0.1, 0.15) is 57.8 Å². The molecule has 0 heterocycles. The summed E-state index contributed by atoms with van der Waals surface area (Å²) in [5.74, 6) is 0. The molecule has 3 fully saturated rings. The molecule has 0 atom stereocenters. The first kappa shape index (κ1) is 9.07. The maximum atomic E-state index is 1.66. The SMILES string of the molecule is C1C[CH]([Sb]([CH]2CCC2)[CH]2CCC2)C1. The maximum absolute atomic E-state index is 1.66. The van der Waals surface area contributed by atoms with Gasteiger partial charge in [0.25, 0.3) is 0 Å². The van der Waals surface area contributed by atoms with Crippen LogP contribution in [0.25, 0.3) is 0 Å². The zero-order chi connectivity index (χ0) is 8.67. The number of rotatable bonds is 3. The molecule has 3 aliphatic carbocycles. The molecule has 0 aromatic carbocycles. The molecule has 0 bridgehead atoms. The van der Waals surface area contributed by atoms with E-state index in [1.54, 1.807) is 57.8 Å². The second-order valence-electron chi connectivity index (χ2n) is 5.20. The Labute approximate surface area is 89.4 Å². The summed E-state index contributed by atoms with van der Waals surface area (Å²) in [6.45, 7) is 0. The quantitative estimate of drug-likeness (QED) is 0.684. The third-order valence-electron chi connectivity index (χ3n) is 4.49. The molecule has 0 spiro atoms. The van der Waals surface area contributed by atoms with Crippen LogP contribution in [-0.2, 0) is 0 Å². The van der Waals surface area contributed by atoms with Crippen LogP contribution in [0.4, 0.5) is 0 Å². The normalized spacial score (nSPS) is 31.2. The van der Waals surface area contributed by atoms with Crippen molar-refractivity contribution in [3.63, 3.8) is 0 Å². The Morgan fingerprint density at radius 1 is 0.538 bits per heavy atom. The second-order valence-corrected chi connectivity index (χ2v) is 14.0. The van der Waals surface area contributed by atoms with Gasteiger partial charge in [-0.1, -0.05) is 0 Å². The number of hydrogen-bond acceptors (Lipinski definition) is 0. The fraction of sp³-hybridized carbons (Fsp3) is 1.00. The van der Waals surface area contributed by atoms with Gasteiger partial charge >= 0.3 is 89.6 Å². The topological polar surface area (TPSA) is 0 Å². The van der Waals surface area contributed by atoms with E-state index in [-0.39, 0.29) is 0 Å². The monoisotopic (exact) mass is 286 g/mol. The molecule has 0 aromatic heterocycles. The summed E-state index contributed by atoms with van der Waals surface area (Å²) in [6, 6.07) is 0. The molecular weight excluding hydrogens is 266 g/mol. The molecule has 0 saturated heterocycles. The molecule has 0 aromatic rings. The van der Waals surface area contributed by atoms with Gasteiger partial charge in [0.15, 0.2) is 0 Å². The molecule has 3 rings (SSSR count). The van der Waals surface area contributed by atoms with E-state index < -0.39 is 20.2 Å². The van der Waals surface area contributed by atoms with E-state index in [0.717, 1.165) is 0 Å². The fourth-order valence-corrected chi connectivity index (χ4v) is 16.3. The van der Waals surface area contributed by atoms with Crippen LogP contribution in [0.2, 0.25) is 11.6 Å². The Balaban J connectivity index is 1.64. The molecule has 1 heteroatoms. The standard InChI is InChI=1S/3C4H7.Sb/c3*1-2-4-3-1;/h3*1H,2-4H2;. The van der Waals surface area contributed by atoms with E-state index in [1.165, 1.54) is 11.6 Å². The summed E-state index contributed by atoms with van der Waals surface area (Å²) in [5, 5.41) is 0. The zero-order valence-electron chi connectivity index (χ0n) is 8.54. The van der Waals surface area contributed by atoms with Crippen LogP contribution in [0.3, 0.4) is 0 Å². The Morgan fingerprint density at radius 3 is 1.00 bits per heavy atom. The molecule has 0 N–H and O–H groups in total. The van der Waals surface area contributed by atoms with Crippen molar-refractivity contribution in [1.82, 2.24) is 0 Å². The molecule has 3 aliphatic rings. The predicted octanol–water partition coefficient (Wildman–Crippen LogP) is 4.14. The van der Waals surface area contributed by atoms with Gasteiger partial charge in [0, 0.05) is 0 Å². The first-order valence-corrected chi connectivity index (χ1v) is 10.6. The molecule has 13 heavy (non-hydrogen) atoms. The average Bonchev–Trinajstić information content (AvgIpc) is 1.73. The van der Waals surface area contributed by atoms with Crippen LogP contribution in [0.5, 0.6) is 0 Å². The van der Waals surface area contributed by atoms with Gasteiger partial charge in [0.05, 0.1) is 0 Å². The van der Waals surface area contributed by atoms with Gasteiger partial charge in [0.1, 0.15) is 0 Å². The van der Waals surface area contributed by atoms with E-state index >= 15 is 0 Å². The summed E-state index contributed by atoms with van der Waals surface area (Å²) < 4.78 is 4.08. The van der Waals surface area contributed by atoms with E-state index in [1.807, 2.05) is 0 Å². The van der Waals surface area contributed by atoms with Crippen molar-refractivity contribution in [2.75, 3.05) is 0 Å². The van der Waals surface area contributed by atoms with E-state index in [9.17, 15) is 0 Å². The van der Waals surface area contributed by atoms with Crippen molar-refractivity contribution in [3.8, 4) is 0 Å². The van der Waals surface area contributed by atoms with Crippen molar-refractivity contribution in [2.24, 2.45) is 0 Å². The zero-order valence-corrected chi connectivity index (χ0v) is 11.1. The summed E-state index contributed by atoms with van der Waals surface area (Å²) in [6.07, 6.45) is 14.7. The van der Waals surface area contributed by atoms with E-state index in [0.29, 0.717) is 0 Å². The van der Waals surface area contributed by atoms with Crippen LogP contribution in [-0.4, -0.2) is 20.2 Å². The fourth-order valence-electron chi connectivity index (χ4n) is 2.95. The first-order chi connectivity index (χ1) is 6.45.